The lowest BCUT2D eigenvalue weighted by Gasteiger charge is -2.40. The van der Waals surface area contributed by atoms with E-state index in [0.29, 0.717) is 18.1 Å². The van der Waals surface area contributed by atoms with Crippen LogP contribution >= 0.6 is 11.3 Å². The van der Waals surface area contributed by atoms with E-state index in [-0.39, 0.29) is 0 Å². The molecule has 2 rings (SSSR count). The van der Waals surface area contributed by atoms with Crippen molar-refractivity contribution < 1.29 is 0 Å². The van der Waals surface area contributed by atoms with Crippen LogP contribution in [0.5, 0.6) is 0 Å². The Morgan fingerprint density at radius 3 is 2.94 bits per heavy atom. The summed E-state index contributed by atoms with van der Waals surface area (Å²) in [6.07, 6.45) is 1.98. The maximum absolute atomic E-state index is 4.51. The molecule has 16 heavy (non-hydrogen) atoms. The third-order valence-corrected chi connectivity index (χ3v) is 4.39. The van der Waals surface area contributed by atoms with Crippen molar-refractivity contribution in [2.24, 2.45) is 0 Å². The molecule has 0 amide bonds. The Bertz CT molecular complexity index is 350. The smallest absolute Gasteiger partial charge is 0.110 e. The lowest BCUT2D eigenvalue weighted by atomic mass is 10.1. The molecule has 1 aliphatic heterocycles. The Labute approximate surface area is 102 Å². The number of thiazole rings is 1. The monoisotopic (exact) mass is 239 g/mol. The Balaban J connectivity index is 2.10. The summed E-state index contributed by atoms with van der Waals surface area (Å²) in [6, 6.07) is 1.62. The van der Waals surface area contributed by atoms with Crippen molar-refractivity contribution in [2.45, 2.75) is 45.8 Å². The fourth-order valence-electron chi connectivity index (χ4n) is 2.30. The summed E-state index contributed by atoms with van der Waals surface area (Å²) in [5, 5.41) is 4.76. The zero-order valence-electron chi connectivity index (χ0n) is 10.5. The first-order valence-electron chi connectivity index (χ1n) is 5.99. The van der Waals surface area contributed by atoms with Crippen LogP contribution in [0.15, 0.2) is 6.20 Å². The fraction of sp³-hybridized carbons (Fsp3) is 0.750. The first-order valence-corrected chi connectivity index (χ1v) is 6.81. The van der Waals surface area contributed by atoms with E-state index >= 15 is 0 Å². The molecule has 0 aliphatic carbocycles. The van der Waals surface area contributed by atoms with E-state index in [0.717, 1.165) is 13.1 Å². The van der Waals surface area contributed by atoms with Gasteiger partial charge in [0.2, 0.25) is 0 Å². The van der Waals surface area contributed by atoms with Crippen LogP contribution in [0.2, 0.25) is 0 Å². The summed E-state index contributed by atoms with van der Waals surface area (Å²) < 4.78 is 0. The van der Waals surface area contributed by atoms with Gasteiger partial charge < -0.3 is 5.32 Å². The van der Waals surface area contributed by atoms with Crippen LogP contribution in [0, 0.1) is 6.92 Å². The van der Waals surface area contributed by atoms with E-state index in [1.165, 1.54) is 9.88 Å². The maximum atomic E-state index is 4.51. The quantitative estimate of drug-likeness (QED) is 0.857. The van der Waals surface area contributed by atoms with Crippen molar-refractivity contribution in [1.82, 2.24) is 15.2 Å². The first kappa shape index (κ1) is 12.0. The van der Waals surface area contributed by atoms with E-state index in [2.05, 4.69) is 42.9 Å². The summed E-state index contributed by atoms with van der Waals surface area (Å²) >= 11 is 1.82. The number of nitrogens with one attached hydrogen (secondary N) is 1. The normalized spacial score (nSPS) is 29.2. The maximum Gasteiger partial charge on any atom is 0.110 e. The van der Waals surface area contributed by atoms with E-state index in [4.69, 9.17) is 0 Å². The molecule has 4 heteroatoms. The highest BCUT2D eigenvalue weighted by Gasteiger charge is 2.28. The Hall–Kier alpha value is -0.450. The molecule has 0 aromatic carbocycles. The van der Waals surface area contributed by atoms with Gasteiger partial charge in [-0.3, -0.25) is 4.90 Å². The summed E-state index contributed by atoms with van der Waals surface area (Å²) in [5.41, 5.74) is 0. The molecule has 90 valence electrons. The predicted molar refractivity (Wildman–Crippen MR) is 68.9 cm³/mol. The second-order valence-electron chi connectivity index (χ2n) is 4.84. The van der Waals surface area contributed by atoms with E-state index < -0.39 is 0 Å². The highest BCUT2D eigenvalue weighted by molar-refractivity contribution is 7.11. The van der Waals surface area contributed by atoms with Crippen LogP contribution in [-0.2, 0) is 0 Å². The van der Waals surface area contributed by atoms with Gasteiger partial charge in [0.05, 0.1) is 6.04 Å². The van der Waals surface area contributed by atoms with Gasteiger partial charge in [0.15, 0.2) is 0 Å². The second-order valence-corrected chi connectivity index (χ2v) is 6.11. The number of aromatic nitrogens is 1. The van der Waals surface area contributed by atoms with Crippen molar-refractivity contribution in [2.75, 3.05) is 13.1 Å². The third kappa shape index (κ3) is 2.44. The average Bonchev–Trinajstić information content (AvgIpc) is 2.67. The van der Waals surface area contributed by atoms with Crippen molar-refractivity contribution in [3.63, 3.8) is 0 Å². The number of hydrogen-bond acceptors (Lipinski definition) is 4. The lowest BCUT2D eigenvalue weighted by molar-refractivity contribution is 0.103. The molecule has 1 aromatic rings. The molecule has 1 fully saturated rings. The Kier molecular flexibility index (Phi) is 3.62. The number of rotatable bonds is 2. The van der Waals surface area contributed by atoms with Crippen LogP contribution in [0.3, 0.4) is 0 Å². The minimum Gasteiger partial charge on any atom is -0.311 e. The lowest BCUT2D eigenvalue weighted by Crippen LogP contribution is -2.54. The van der Waals surface area contributed by atoms with E-state index in [9.17, 15) is 0 Å². The Morgan fingerprint density at radius 2 is 2.31 bits per heavy atom. The zero-order valence-corrected chi connectivity index (χ0v) is 11.3. The molecule has 0 saturated carbocycles. The number of piperazine rings is 1. The summed E-state index contributed by atoms with van der Waals surface area (Å²) in [6.45, 7) is 11.1. The van der Waals surface area contributed by atoms with Gasteiger partial charge in [0.25, 0.3) is 0 Å². The first-order chi connectivity index (χ1) is 7.58. The number of nitrogens with zero attached hydrogens (tertiary/aromatic N) is 2. The van der Waals surface area contributed by atoms with Gasteiger partial charge in [-0.25, -0.2) is 4.98 Å². The molecule has 1 N–H and O–H groups in total. The molecule has 1 aliphatic rings. The third-order valence-electron chi connectivity index (χ3n) is 3.31. The van der Waals surface area contributed by atoms with E-state index in [1.807, 2.05) is 17.5 Å². The summed E-state index contributed by atoms with van der Waals surface area (Å²) in [4.78, 5) is 8.37. The molecule has 1 aromatic heterocycles. The molecule has 0 bridgehead atoms. The summed E-state index contributed by atoms with van der Waals surface area (Å²) in [5.74, 6) is 0. The van der Waals surface area contributed by atoms with Gasteiger partial charge in [-0.15, -0.1) is 11.3 Å². The zero-order chi connectivity index (χ0) is 11.7. The molecule has 0 radical (unpaired) electrons. The van der Waals surface area contributed by atoms with Gasteiger partial charge in [-0.05, 0) is 27.7 Å². The molecular formula is C12H21N3S. The topological polar surface area (TPSA) is 28.2 Å². The minimum atomic E-state index is 0.443. The van der Waals surface area contributed by atoms with E-state index in [1.54, 1.807) is 0 Å². The van der Waals surface area contributed by atoms with Crippen LogP contribution in [0.4, 0.5) is 0 Å². The number of aryl methyl sites for hydroxylation is 1. The second kappa shape index (κ2) is 4.82. The van der Waals surface area contributed by atoms with Crippen LogP contribution < -0.4 is 5.32 Å². The summed E-state index contributed by atoms with van der Waals surface area (Å²) in [7, 11) is 0. The molecule has 3 nitrogen and oxygen atoms in total. The highest BCUT2D eigenvalue weighted by atomic mass is 32.1. The average molecular weight is 239 g/mol. The van der Waals surface area contributed by atoms with Gasteiger partial charge in [-0.1, -0.05) is 0 Å². The largest absolute Gasteiger partial charge is 0.311 e. The molecule has 2 heterocycles. The number of hydrogen-bond donors (Lipinski definition) is 1. The van der Waals surface area contributed by atoms with Crippen molar-refractivity contribution >= 4 is 11.3 Å². The fourth-order valence-corrected chi connectivity index (χ4v) is 3.14. The van der Waals surface area contributed by atoms with Crippen molar-refractivity contribution in [1.29, 1.82) is 0 Å². The standard InChI is InChI=1S/C12H21N3S/c1-8-7-15(9(2)5-13-8)11(4)12-14-6-10(3)16-12/h6,8-9,11,13H,5,7H2,1-4H3. The SMILES string of the molecule is Cc1cnc(C(C)N2CC(C)NCC2C)s1. The Morgan fingerprint density at radius 1 is 1.56 bits per heavy atom. The molecule has 1 saturated heterocycles. The molecular weight excluding hydrogens is 218 g/mol. The molecule has 3 atom stereocenters. The molecule has 0 spiro atoms. The van der Waals surface area contributed by atoms with Crippen LogP contribution in [0.1, 0.15) is 36.7 Å². The van der Waals surface area contributed by atoms with Crippen molar-refractivity contribution in [3.05, 3.63) is 16.1 Å². The minimum absolute atomic E-state index is 0.443. The van der Waals surface area contributed by atoms with Gasteiger partial charge in [0.1, 0.15) is 5.01 Å². The van der Waals surface area contributed by atoms with Gasteiger partial charge in [0, 0.05) is 36.2 Å². The highest BCUT2D eigenvalue weighted by Crippen LogP contribution is 2.27. The van der Waals surface area contributed by atoms with Crippen LogP contribution in [-0.4, -0.2) is 35.1 Å². The van der Waals surface area contributed by atoms with Gasteiger partial charge in [-0.2, -0.15) is 0 Å². The van der Waals surface area contributed by atoms with Crippen molar-refractivity contribution in [3.8, 4) is 0 Å². The van der Waals surface area contributed by atoms with Gasteiger partial charge >= 0.3 is 0 Å². The van der Waals surface area contributed by atoms with Crippen LogP contribution in [0.25, 0.3) is 0 Å². The molecule has 3 unspecified atom stereocenters. The predicted octanol–water partition coefficient (Wildman–Crippen LogP) is 2.19.